The number of pyridine rings is 1. The Morgan fingerprint density at radius 2 is 2.25 bits per heavy atom. The van der Waals surface area contributed by atoms with Gasteiger partial charge >= 0.3 is 0 Å². The maximum Gasteiger partial charge on any atom is 0.209 e. The molecule has 0 radical (unpaired) electrons. The van der Waals surface area contributed by atoms with Gasteiger partial charge < -0.3 is 5.43 Å². The van der Waals surface area contributed by atoms with Crippen molar-refractivity contribution in [2.45, 2.75) is 42.6 Å². The van der Waals surface area contributed by atoms with Gasteiger partial charge in [-0.05, 0) is 35.4 Å². The number of nitrogens with zero attached hydrogens (tertiary/aromatic N) is 5. The number of hydrogen-bond donors (Lipinski definition) is 2. The summed E-state index contributed by atoms with van der Waals surface area (Å²) in [5, 5.41) is 12.9. The second kappa shape index (κ2) is 6.19. The lowest BCUT2D eigenvalue weighted by Crippen LogP contribution is -2.08. The second-order valence-electron chi connectivity index (χ2n) is 4.81. The molecule has 2 aromatic rings. The molecule has 0 atom stereocenters. The number of anilines is 1. The molecule has 1 fully saturated rings. The molecule has 1 aliphatic carbocycles. The summed E-state index contributed by atoms with van der Waals surface area (Å²) < 4.78 is 1.96. The Labute approximate surface area is 121 Å². The van der Waals surface area contributed by atoms with Crippen molar-refractivity contribution in [3.05, 3.63) is 24.0 Å². The van der Waals surface area contributed by atoms with Crippen LogP contribution < -0.4 is 11.3 Å². The van der Waals surface area contributed by atoms with Crippen LogP contribution in [0.2, 0.25) is 0 Å². The lowest BCUT2D eigenvalue weighted by molar-refractivity contribution is 0.423. The number of thioether (sulfide) groups is 1. The van der Waals surface area contributed by atoms with Crippen LogP contribution in [0, 0.1) is 0 Å². The van der Waals surface area contributed by atoms with Gasteiger partial charge in [0.1, 0.15) is 0 Å². The Morgan fingerprint density at radius 1 is 1.40 bits per heavy atom. The fraction of sp³-hybridized carbons (Fsp3) is 0.500. The lowest BCUT2D eigenvalue weighted by atomic mass is 10.3. The quantitative estimate of drug-likeness (QED) is 0.492. The SMILES string of the molecule is NNc1ccnc(CSc2nnnn2C2CCCC2)c1. The van der Waals surface area contributed by atoms with E-state index in [0.29, 0.717) is 6.04 Å². The van der Waals surface area contributed by atoms with Crippen LogP contribution in [-0.2, 0) is 5.75 Å². The molecule has 0 aliphatic heterocycles. The largest absolute Gasteiger partial charge is 0.324 e. The lowest BCUT2D eigenvalue weighted by Gasteiger charge is -2.10. The summed E-state index contributed by atoms with van der Waals surface area (Å²) in [6.45, 7) is 0. The molecule has 20 heavy (non-hydrogen) atoms. The highest BCUT2D eigenvalue weighted by atomic mass is 32.2. The number of hydrazine groups is 1. The van der Waals surface area contributed by atoms with Gasteiger partial charge in [-0.3, -0.25) is 10.8 Å². The zero-order valence-electron chi connectivity index (χ0n) is 11.1. The van der Waals surface area contributed by atoms with Gasteiger partial charge in [0, 0.05) is 11.9 Å². The van der Waals surface area contributed by atoms with Gasteiger partial charge in [0.15, 0.2) is 0 Å². The third kappa shape index (κ3) is 2.91. The van der Waals surface area contributed by atoms with E-state index in [0.717, 1.165) is 22.3 Å². The smallest absolute Gasteiger partial charge is 0.209 e. The summed E-state index contributed by atoms with van der Waals surface area (Å²) in [6.07, 6.45) is 6.61. The minimum atomic E-state index is 0.456. The van der Waals surface area contributed by atoms with Crippen molar-refractivity contribution in [2.24, 2.45) is 5.84 Å². The Morgan fingerprint density at radius 3 is 3.05 bits per heavy atom. The van der Waals surface area contributed by atoms with E-state index in [1.165, 1.54) is 25.7 Å². The maximum atomic E-state index is 5.40. The fourth-order valence-corrected chi connectivity index (χ4v) is 3.29. The summed E-state index contributed by atoms with van der Waals surface area (Å²) in [5.41, 5.74) is 4.43. The first-order valence-corrected chi connectivity index (χ1v) is 7.67. The summed E-state index contributed by atoms with van der Waals surface area (Å²) in [6, 6.07) is 4.21. The van der Waals surface area contributed by atoms with E-state index >= 15 is 0 Å². The fourth-order valence-electron chi connectivity index (χ4n) is 2.44. The van der Waals surface area contributed by atoms with Crippen molar-refractivity contribution in [3.63, 3.8) is 0 Å². The summed E-state index contributed by atoms with van der Waals surface area (Å²) >= 11 is 1.61. The standard InChI is InChI=1S/C12H17N7S/c13-15-9-5-6-14-10(7-9)8-20-12-16-17-18-19(12)11-3-1-2-4-11/h5-7,11H,1-4,8,13H2,(H,14,15). The Kier molecular flexibility index (Phi) is 4.12. The van der Waals surface area contributed by atoms with Gasteiger partial charge in [0.2, 0.25) is 5.16 Å². The first-order chi connectivity index (χ1) is 9.86. The molecule has 0 bridgehead atoms. The van der Waals surface area contributed by atoms with Gasteiger partial charge in [-0.2, -0.15) is 0 Å². The van der Waals surface area contributed by atoms with Crippen LogP contribution in [-0.4, -0.2) is 25.2 Å². The van der Waals surface area contributed by atoms with Crippen LogP contribution >= 0.6 is 11.8 Å². The summed E-state index contributed by atoms with van der Waals surface area (Å²) in [4.78, 5) is 4.32. The number of hydrogen-bond acceptors (Lipinski definition) is 7. The molecule has 0 aromatic carbocycles. The van der Waals surface area contributed by atoms with Crippen molar-refractivity contribution >= 4 is 17.4 Å². The summed E-state index contributed by atoms with van der Waals surface area (Å²) in [7, 11) is 0. The van der Waals surface area contributed by atoms with Crippen molar-refractivity contribution in [2.75, 3.05) is 5.43 Å². The monoisotopic (exact) mass is 291 g/mol. The van der Waals surface area contributed by atoms with Crippen molar-refractivity contribution in [1.82, 2.24) is 25.2 Å². The van der Waals surface area contributed by atoms with E-state index in [9.17, 15) is 0 Å². The van der Waals surface area contributed by atoms with Gasteiger partial charge in [-0.15, -0.1) is 5.10 Å². The summed E-state index contributed by atoms with van der Waals surface area (Å²) in [5.74, 6) is 6.12. The van der Waals surface area contributed by atoms with Crippen molar-refractivity contribution < 1.29 is 0 Å². The molecule has 3 N–H and O–H groups in total. The zero-order chi connectivity index (χ0) is 13.8. The minimum absolute atomic E-state index is 0.456. The molecule has 0 amide bonds. The van der Waals surface area contributed by atoms with Crippen LogP contribution in [0.3, 0.4) is 0 Å². The number of rotatable bonds is 5. The van der Waals surface area contributed by atoms with Crippen LogP contribution in [0.1, 0.15) is 37.4 Å². The second-order valence-corrected chi connectivity index (χ2v) is 5.76. The van der Waals surface area contributed by atoms with Crippen molar-refractivity contribution in [3.8, 4) is 0 Å². The highest BCUT2D eigenvalue weighted by Crippen LogP contribution is 2.32. The third-order valence-corrected chi connectivity index (χ3v) is 4.43. The molecule has 0 spiro atoms. The molecule has 1 aliphatic rings. The van der Waals surface area contributed by atoms with Crippen LogP contribution in [0.4, 0.5) is 5.69 Å². The molecule has 0 saturated heterocycles. The Balaban J connectivity index is 1.67. The minimum Gasteiger partial charge on any atom is -0.324 e. The van der Waals surface area contributed by atoms with Crippen LogP contribution in [0.5, 0.6) is 0 Å². The highest BCUT2D eigenvalue weighted by molar-refractivity contribution is 7.98. The first-order valence-electron chi connectivity index (χ1n) is 6.69. The van der Waals surface area contributed by atoms with E-state index in [-0.39, 0.29) is 0 Å². The van der Waals surface area contributed by atoms with Gasteiger partial charge in [0.05, 0.1) is 17.4 Å². The zero-order valence-corrected chi connectivity index (χ0v) is 11.9. The van der Waals surface area contributed by atoms with Crippen molar-refractivity contribution in [1.29, 1.82) is 0 Å². The maximum absolute atomic E-state index is 5.40. The third-order valence-electron chi connectivity index (χ3n) is 3.47. The molecule has 106 valence electrons. The predicted octanol–water partition coefficient (Wildman–Crippen LogP) is 1.76. The Hall–Kier alpha value is -1.67. The molecule has 7 nitrogen and oxygen atoms in total. The van der Waals surface area contributed by atoms with Crippen LogP contribution in [0.15, 0.2) is 23.5 Å². The predicted molar refractivity (Wildman–Crippen MR) is 76.9 cm³/mol. The first kappa shape index (κ1) is 13.3. The number of aromatic nitrogens is 5. The average Bonchev–Trinajstić information content (AvgIpc) is 3.16. The topological polar surface area (TPSA) is 94.5 Å². The number of nitrogens with one attached hydrogen (secondary N) is 1. The molecule has 2 heterocycles. The van der Waals surface area contributed by atoms with E-state index in [2.05, 4.69) is 25.9 Å². The molecular weight excluding hydrogens is 274 g/mol. The van der Waals surface area contributed by atoms with Gasteiger partial charge in [0.25, 0.3) is 0 Å². The van der Waals surface area contributed by atoms with E-state index in [1.54, 1.807) is 18.0 Å². The molecule has 8 heteroatoms. The molecule has 3 rings (SSSR count). The van der Waals surface area contributed by atoms with E-state index < -0.39 is 0 Å². The Bertz CT molecular complexity index is 564. The number of nitrogens with two attached hydrogens (primary N) is 1. The normalized spacial score (nSPS) is 15.7. The number of tetrazole rings is 1. The number of nitrogen functional groups attached to an aromatic ring is 1. The van der Waals surface area contributed by atoms with Gasteiger partial charge in [-0.1, -0.05) is 24.6 Å². The van der Waals surface area contributed by atoms with Crippen LogP contribution in [0.25, 0.3) is 0 Å². The average molecular weight is 291 g/mol. The molecule has 1 saturated carbocycles. The molecule has 2 aromatic heterocycles. The molecular formula is C12H17N7S. The van der Waals surface area contributed by atoms with Gasteiger partial charge in [-0.25, -0.2) is 4.68 Å². The highest BCUT2D eigenvalue weighted by Gasteiger charge is 2.21. The molecule has 0 unspecified atom stereocenters. The van der Waals surface area contributed by atoms with E-state index in [4.69, 9.17) is 5.84 Å². The van der Waals surface area contributed by atoms with E-state index in [1.807, 2.05) is 16.8 Å².